The topological polar surface area (TPSA) is 72.5 Å². The molecule has 18 heavy (non-hydrogen) atoms. The molecule has 1 aromatic carbocycles. The molecule has 1 rings (SSSR count). The van der Waals surface area contributed by atoms with Gasteiger partial charge in [0.25, 0.3) is 0 Å². The molecule has 0 amide bonds. The van der Waals surface area contributed by atoms with Crippen molar-refractivity contribution >= 4 is 50.2 Å². The van der Waals surface area contributed by atoms with Crippen LogP contribution in [0.1, 0.15) is 0 Å². The van der Waals surface area contributed by atoms with E-state index in [4.69, 9.17) is 11.6 Å². The molecule has 0 fully saturated rings. The van der Waals surface area contributed by atoms with Crippen molar-refractivity contribution in [3.63, 3.8) is 0 Å². The molecule has 0 radical (unpaired) electrons. The standard InChI is InChI=1S/C10H11ClINO4S/c1-17-10(14)9(12)6-13-18(15,16)8-4-2-7(11)3-5-8/h2-5,9,13H,6H2,1H3. The van der Waals surface area contributed by atoms with Gasteiger partial charge in [0.1, 0.15) is 3.92 Å². The number of nitrogens with one attached hydrogen (secondary N) is 1. The maximum Gasteiger partial charge on any atom is 0.319 e. The number of carbonyl (C=O) groups is 1. The highest BCUT2D eigenvalue weighted by Crippen LogP contribution is 2.14. The Kier molecular flexibility index (Phi) is 5.83. The van der Waals surface area contributed by atoms with Gasteiger partial charge in [-0.15, -0.1) is 0 Å². The maximum atomic E-state index is 11.8. The minimum absolute atomic E-state index is 0.0296. The summed E-state index contributed by atoms with van der Waals surface area (Å²) in [5.74, 6) is -0.477. The number of rotatable bonds is 5. The van der Waals surface area contributed by atoms with Gasteiger partial charge in [0, 0.05) is 11.6 Å². The van der Waals surface area contributed by atoms with E-state index in [1.165, 1.54) is 31.4 Å². The van der Waals surface area contributed by atoms with E-state index in [-0.39, 0.29) is 11.4 Å². The fourth-order valence-corrected chi connectivity index (χ4v) is 3.04. The number of benzene rings is 1. The molecule has 0 saturated carbocycles. The zero-order chi connectivity index (χ0) is 13.8. The fraction of sp³-hybridized carbons (Fsp3) is 0.300. The summed E-state index contributed by atoms with van der Waals surface area (Å²) in [6, 6.07) is 5.76. The summed E-state index contributed by atoms with van der Waals surface area (Å²) in [5, 5.41) is 0.454. The number of esters is 1. The van der Waals surface area contributed by atoms with Crippen LogP contribution in [-0.4, -0.2) is 32.0 Å². The fourth-order valence-electron chi connectivity index (χ4n) is 1.09. The Morgan fingerprint density at radius 3 is 2.50 bits per heavy atom. The van der Waals surface area contributed by atoms with Gasteiger partial charge in [-0.25, -0.2) is 13.1 Å². The molecular weight excluding hydrogens is 393 g/mol. The highest BCUT2D eigenvalue weighted by molar-refractivity contribution is 14.1. The second-order valence-corrected chi connectivity index (χ2v) is 7.00. The SMILES string of the molecule is COC(=O)C(I)CNS(=O)(=O)c1ccc(Cl)cc1. The van der Waals surface area contributed by atoms with Crippen LogP contribution in [-0.2, 0) is 19.6 Å². The molecule has 1 unspecified atom stereocenters. The van der Waals surface area contributed by atoms with E-state index in [2.05, 4.69) is 9.46 Å². The minimum atomic E-state index is -3.64. The van der Waals surface area contributed by atoms with Gasteiger partial charge in [0.05, 0.1) is 12.0 Å². The lowest BCUT2D eigenvalue weighted by molar-refractivity contribution is -0.139. The van der Waals surface area contributed by atoms with Crippen LogP contribution in [0.2, 0.25) is 5.02 Å². The van der Waals surface area contributed by atoms with Gasteiger partial charge in [-0.2, -0.15) is 0 Å². The summed E-state index contributed by atoms with van der Waals surface area (Å²) < 4.78 is 30.0. The van der Waals surface area contributed by atoms with Gasteiger partial charge >= 0.3 is 5.97 Å². The average molecular weight is 404 g/mol. The quantitative estimate of drug-likeness (QED) is 0.460. The number of methoxy groups -OCH3 is 1. The van der Waals surface area contributed by atoms with E-state index in [0.29, 0.717) is 5.02 Å². The van der Waals surface area contributed by atoms with Gasteiger partial charge in [0.15, 0.2) is 0 Å². The molecule has 0 saturated heterocycles. The predicted octanol–water partition coefficient (Wildman–Crippen LogP) is 1.59. The van der Waals surface area contributed by atoms with E-state index < -0.39 is 19.9 Å². The lowest BCUT2D eigenvalue weighted by atomic mass is 10.4. The van der Waals surface area contributed by atoms with Crippen LogP contribution in [0.25, 0.3) is 0 Å². The van der Waals surface area contributed by atoms with Crippen LogP contribution in [0, 0.1) is 0 Å². The van der Waals surface area contributed by atoms with E-state index in [0.717, 1.165) is 0 Å². The summed E-state index contributed by atoms with van der Waals surface area (Å²) in [7, 11) is -2.38. The summed E-state index contributed by atoms with van der Waals surface area (Å²) in [6.45, 7) is -0.0296. The number of alkyl halides is 1. The Morgan fingerprint density at radius 2 is 2.00 bits per heavy atom. The van der Waals surface area contributed by atoms with Crippen molar-refractivity contribution in [3.8, 4) is 0 Å². The number of carbonyl (C=O) groups excluding carboxylic acids is 1. The third-order valence-corrected chi connectivity index (χ3v) is 4.67. The average Bonchev–Trinajstić information content (AvgIpc) is 2.35. The van der Waals surface area contributed by atoms with Crippen molar-refractivity contribution < 1.29 is 17.9 Å². The second kappa shape index (κ2) is 6.69. The normalized spacial score (nSPS) is 13.1. The summed E-state index contributed by atoms with van der Waals surface area (Å²) >= 11 is 7.48. The first kappa shape index (κ1) is 15.7. The molecule has 0 aliphatic rings. The molecular formula is C10H11ClINO4S. The molecule has 0 bridgehead atoms. The molecule has 0 aromatic heterocycles. The Balaban J connectivity index is 2.71. The second-order valence-electron chi connectivity index (χ2n) is 3.30. The summed E-state index contributed by atoms with van der Waals surface area (Å²) in [5.41, 5.74) is 0. The van der Waals surface area contributed by atoms with Crippen molar-refractivity contribution in [2.75, 3.05) is 13.7 Å². The molecule has 0 spiro atoms. The van der Waals surface area contributed by atoms with E-state index in [9.17, 15) is 13.2 Å². The first-order valence-electron chi connectivity index (χ1n) is 4.84. The Hall–Kier alpha value is -0.380. The number of hydrogen-bond acceptors (Lipinski definition) is 4. The number of hydrogen-bond donors (Lipinski definition) is 1. The molecule has 8 heteroatoms. The highest BCUT2D eigenvalue weighted by atomic mass is 127. The first-order chi connectivity index (χ1) is 8.36. The Bertz CT molecular complexity index is 517. The molecule has 5 nitrogen and oxygen atoms in total. The van der Waals surface area contributed by atoms with Crippen LogP contribution in [0.4, 0.5) is 0 Å². The number of ether oxygens (including phenoxy) is 1. The van der Waals surface area contributed by atoms with Crippen molar-refractivity contribution in [2.45, 2.75) is 8.82 Å². The third kappa shape index (κ3) is 4.38. The molecule has 0 aliphatic carbocycles. The molecule has 1 atom stereocenters. The smallest absolute Gasteiger partial charge is 0.319 e. The Labute approximate surface area is 124 Å². The Morgan fingerprint density at radius 1 is 1.44 bits per heavy atom. The van der Waals surface area contributed by atoms with Crippen molar-refractivity contribution in [2.24, 2.45) is 0 Å². The lowest BCUT2D eigenvalue weighted by Crippen LogP contribution is -2.33. The van der Waals surface area contributed by atoms with Crippen molar-refractivity contribution in [1.82, 2.24) is 4.72 Å². The van der Waals surface area contributed by atoms with Crippen LogP contribution >= 0.6 is 34.2 Å². The maximum absolute atomic E-state index is 11.8. The minimum Gasteiger partial charge on any atom is -0.468 e. The van der Waals surface area contributed by atoms with Gasteiger partial charge in [-0.05, 0) is 24.3 Å². The van der Waals surface area contributed by atoms with Gasteiger partial charge < -0.3 is 4.74 Å². The zero-order valence-corrected chi connectivity index (χ0v) is 13.1. The third-order valence-electron chi connectivity index (χ3n) is 2.03. The number of sulfonamides is 1. The van der Waals surface area contributed by atoms with Gasteiger partial charge in [-0.3, -0.25) is 4.79 Å². The van der Waals surface area contributed by atoms with Crippen molar-refractivity contribution in [3.05, 3.63) is 29.3 Å². The first-order valence-corrected chi connectivity index (χ1v) is 7.94. The molecule has 1 aromatic rings. The number of halogens is 2. The summed E-state index contributed by atoms with van der Waals surface area (Å²) in [6.07, 6.45) is 0. The van der Waals surface area contributed by atoms with Gasteiger partial charge in [0.2, 0.25) is 10.0 Å². The van der Waals surface area contributed by atoms with Crippen LogP contribution in [0.5, 0.6) is 0 Å². The van der Waals surface area contributed by atoms with Crippen LogP contribution in [0.15, 0.2) is 29.2 Å². The zero-order valence-electron chi connectivity index (χ0n) is 9.39. The largest absolute Gasteiger partial charge is 0.468 e. The van der Waals surface area contributed by atoms with Crippen LogP contribution in [0.3, 0.4) is 0 Å². The molecule has 0 aliphatic heterocycles. The molecule has 1 N–H and O–H groups in total. The monoisotopic (exact) mass is 403 g/mol. The molecule has 100 valence electrons. The lowest BCUT2D eigenvalue weighted by Gasteiger charge is -2.10. The van der Waals surface area contributed by atoms with Crippen LogP contribution < -0.4 is 4.72 Å². The van der Waals surface area contributed by atoms with Gasteiger partial charge in [-0.1, -0.05) is 34.2 Å². The van der Waals surface area contributed by atoms with Crippen molar-refractivity contribution in [1.29, 1.82) is 0 Å². The van der Waals surface area contributed by atoms with E-state index in [1.807, 2.05) is 22.6 Å². The highest BCUT2D eigenvalue weighted by Gasteiger charge is 2.20. The van der Waals surface area contributed by atoms with E-state index in [1.54, 1.807) is 0 Å². The van der Waals surface area contributed by atoms with E-state index >= 15 is 0 Å². The summed E-state index contributed by atoms with van der Waals surface area (Å²) in [4.78, 5) is 11.2. The predicted molar refractivity (Wildman–Crippen MR) is 76.5 cm³/mol. The molecule has 0 heterocycles.